The minimum absolute atomic E-state index is 0.0239. The largest absolute Gasteiger partial charge is 0.337 e. The summed E-state index contributed by atoms with van der Waals surface area (Å²) < 4.78 is 2.01. The Morgan fingerprint density at radius 2 is 2.03 bits per heavy atom. The number of halogens is 1. The third kappa shape index (κ3) is 5.29. The number of nitrogens with one attached hydrogen (secondary N) is 1. The first-order valence-corrected chi connectivity index (χ1v) is 13.0. The number of nitrogens with zero attached hydrogens (tertiary/aromatic N) is 5. The number of benzene rings is 1. The first kappa shape index (κ1) is 24.5. The smallest absolute Gasteiger partial charge is 0.258 e. The van der Waals surface area contributed by atoms with Crippen LogP contribution in [0.15, 0.2) is 48.7 Å². The average Bonchev–Trinajstić information content (AvgIpc) is 3.02. The number of hydrogen-bond donors (Lipinski definition) is 1. The van der Waals surface area contributed by atoms with Crippen molar-refractivity contribution in [1.82, 2.24) is 24.3 Å². The third-order valence-electron chi connectivity index (χ3n) is 6.94. The molecule has 2 aromatic heterocycles. The molecular formula is C27H31ClN6O2. The summed E-state index contributed by atoms with van der Waals surface area (Å²) in [5.74, 6) is 0.199. The van der Waals surface area contributed by atoms with Crippen LogP contribution in [0.3, 0.4) is 0 Å². The second kappa shape index (κ2) is 10.8. The van der Waals surface area contributed by atoms with Crippen LogP contribution < -0.4 is 5.32 Å². The average molecular weight is 507 g/mol. The summed E-state index contributed by atoms with van der Waals surface area (Å²) in [5.41, 5.74) is 2.75. The van der Waals surface area contributed by atoms with Crippen LogP contribution in [0, 0.1) is 6.92 Å². The highest BCUT2D eigenvalue weighted by Gasteiger charge is 2.27. The molecule has 4 heterocycles. The van der Waals surface area contributed by atoms with Crippen molar-refractivity contribution in [3.63, 3.8) is 0 Å². The molecular weight excluding hydrogens is 476 g/mol. The van der Waals surface area contributed by atoms with Crippen LogP contribution in [0.1, 0.15) is 47.8 Å². The number of aromatic nitrogens is 3. The maximum absolute atomic E-state index is 13.1. The van der Waals surface area contributed by atoms with Crippen molar-refractivity contribution in [3.05, 3.63) is 65.0 Å². The molecule has 8 nitrogen and oxygen atoms in total. The van der Waals surface area contributed by atoms with Crippen molar-refractivity contribution in [2.45, 2.75) is 38.6 Å². The van der Waals surface area contributed by atoms with Gasteiger partial charge in [0.2, 0.25) is 11.9 Å². The quantitative estimate of drug-likeness (QED) is 0.499. The van der Waals surface area contributed by atoms with Gasteiger partial charge >= 0.3 is 0 Å². The van der Waals surface area contributed by atoms with Gasteiger partial charge in [0.15, 0.2) is 0 Å². The number of hydrogen-bond acceptors (Lipinski definition) is 5. The van der Waals surface area contributed by atoms with Crippen molar-refractivity contribution < 1.29 is 9.59 Å². The van der Waals surface area contributed by atoms with Crippen molar-refractivity contribution in [1.29, 1.82) is 0 Å². The second-order valence-corrected chi connectivity index (χ2v) is 9.95. The molecule has 3 aromatic rings. The Labute approximate surface area is 215 Å². The van der Waals surface area contributed by atoms with E-state index in [4.69, 9.17) is 16.6 Å². The maximum atomic E-state index is 13.1. The van der Waals surface area contributed by atoms with Crippen LogP contribution in [0.4, 0.5) is 5.95 Å². The van der Waals surface area contributed by atoms with Gasteiger partial charge in [0.1, 0.15) is 0 Å². The first-order valence-electron chi connectivity index (χ1n) is 12.6. The summed E-state index contributed by atoms with van der Waals surface area (Å²) in [6.07, 6.45) is 9.27. The van der Waals surface area contributed by atoms with Crippen LogP contribution in [0.25, 0.3) is 11.0 Å². The maximum Gasteiger partial charge on any atom is 0.258 e. The Kier molecular flexibility index (Phi) is 7.34. The lowest BCUT2D eigenvalue weighted by molar-refractivity contribution is -0.126. The molecule has 2 aliphatic heterocycles. The molecule has 2 amide bonds. The van der Waals surface area contributed by atoms with Gasteiger partial charge in [-0.05, 0) is 70.0 Å². The highest BCUT2D eigenvalue weighted by Crippen LogP contribution is 2.34. The van der Waals surface area contributed by atoms with Gasteiger partial charge in [0.05, 0.1) is 22.1 Å². The molecule has 0 saturated carbocycles. The van der Waals surface area contributed by atoms with E-state index in [1.54, 1.807) is 24.4 Å². The normalized spacial score (nSPS) is 18.8. The van der Waals surface area contributed by atoms with Crippen molar-refractivity contribution in [2.75, 3.05) is 38.0 Å². The number of fused-ring (bicyclic) bond motifs is 1. The van der Waals surface area contributed by atoms with Crippen molar-refractivity contribution >= 4 is 40.4 Å². The van der Waals surface area contributed by atoms with E-state index in [1.165, 1.54) is 6.42 Å². The second-order valence-electron chi connectivity index (χ2n) is 9.54. The van der Waals surface area contributed by atoms with E-state index in [-0.39, 0.29) is 17.9 Å². The number of carbonyl (C=O) groups excluding carboxylic acids is 2. The number of para-hydroxylation sites is 1. The molecule has 0 aliphatic carbocycles. The zero-order valence-electron chi connectivity index (χ0n) is 20.5. The molecule has 0 spiro atoms. The van der Waals surface area contributed by atoms with E-state index in [0.717, 1.165) is 50.1 Å². The fourth-order valence-corrected chi connectivity index (χ4v) is 5.17. The number of anilines is 1. The fourth-order valence-electron chi connectivity index (χ4n) is 4.91. The summed E-state index contributed by atoms with van der Waals surface area (Å²) in [6, 6.07) is 8.93. The number of likely N-dealkylation sites (tertiary alicyclic amines) is 2. The molecule has 2 fully saturated rings. The summed E-state index contributed by atoms with van der Waals surface area (Å²) in [6.45, 7) is 6.11. The Morgan fingerprint density at radius 3 is 2.81 bits per heavy atom. The molecule has 1 aromatic carbocycles. The molecule has 5 rings (SSSR count). The standard InChI is InChI=1S/C27H31ClN6O2/c1-19-17-20(11-12-29-19)26(36)31-27-30-23-9-4-8-22(28)25(23)34(27)21-7-2-3-16-33(18-21)24(35)10-5-13-32-14-6-15-32/h4-5,8-12,17,21H,2-3,6-7,13-16,18H2,1H3,(H,30,31,36). The predicted molar refractivity (Wildman–Crippen MR) is 141 cm³/mol. The lowest BCUT2D eigenvalue weighted by atomic mass is 10.1. The van der Waals surface area contributed by atoms with Gasteiger partial charge in [-0.2, -0.15) is 0 Å². The minimum atomic E-state index is -0.260. The highest BCUT2D eigenvalue weighted by molar-refractivity contribution is 6.35. The van der Waals surface area contributed by atoms with Gasteiger partial charge in [-0.25, -0.2) is 4.98 Å². The molecule has 36 heavy (non-hydrogen) atoms. The van der Waals surface area contributed by atoms with Gasteiger partial charge in [-0.1, -0.05) is 23.7 Å². The number of carbonyl (C=O) groups is 2. The Morgan fingerprint density at radius 1 is 1.17 bits per heavy atom. The highest BCUT2D eigenvalue weighted by atomic mass is 35.5. The molecule has 1 unspecified atom stereocenters. The van der Waals surface area contributed by atoms with E-state index in [0.29, 0.717) is 35.1 Å². The minimum Gasteiger partial charge on any atom is -0.337 e. The first-order chi connectivity index (χ1) is 17.5. The predicted octanol–water partition coefficient (Wildman–Crippen LogP) is 4.46. The summed E-state index contributed by atoms with van der Waals surface area (Å²) in [5, 5.41) is 3.56. The summed E-state index contributed by atoms with van der Waals surface area (Å²) in [4.78, 5) is 39.3. The summed E-state index contributed by atoms with van der Waals surface area (Å²) >= 11 is 6.65. The lowest BCUT2D eigenvalue weighted by Crippen LogP contribution is -2.37. The monoisotopic (exact) mass is 506 g/mol. The van der Waals surface area contributed by atoms with Crippen LogP contribution >= 0.6 is 11.6 Å². The fraction of sp³-hybridized carbons (Fsp3) is 0.407. The van der Waals surface area contributed by atoms with Crippen LogP contribution in [0.2, 0.25) is 5.02 Å². The number of amides is 2. The van der Waals surface area contributed by atoms with Gasteiger partial charge in [0, 0.05) is 43.2 Å². The Balaban J connectivity index is 1.43. The zero-order valence-corrected chi connectivity index (χ0v) is 21.2. The van der Waals surface area contributed by atoms with Gasteiger partial charge in [-0.3, -0.25) is 24.8 Å². The van der Waals surface area contributed by atoms with Crippen molar-refractivity contribution in [3.8, 4) is 0 Å². The Bertz CT molecular complexity index is 1300. The lowest BCUT2D eigenvalue weighted by Gasteiger charge is -2.29. The number of pyridine rings is 1. The molecule has 9 heteroatoms. The van der Waals surface area contributed by atoms with Crippen LogP contribution in [-0.4, -0.2) is 68.9 Å². The number of aryl methyl sites for hydroxylation is 1. The van der Waals surface area contributed by atoms with Gasteiger partial charge < -0.3 is 9.47 Å². The molecule has 1 N–H and O–H groups in total. The molecule has 1 atom stereocenters. The van der Waals surface area contributed by atoms with Gasteiger partial charge in [-0.15, -0.1) is 0 Å². The van der Waals surface area contributed by atoms with Crippen LogP contribution in [0.5, 0.6) is 0 Å². The van der Waals surface area contributed by atoms with E-state index in [9.17, 15) is 9.59 Å². The Hall–Kier alpha value is -3.23. The van der Waals surface area contributed by atoms with Crippen LogP contribution in [-0.2, 0) is 4.79 Å². The number of rotatable bonds is 6. The SMILES string of the molecule is Cc1cc(C(=O)Nc2nc3cccc(Cl)c3n2C2CCCCN(C(=O)C=CCN3CCC3)C2)ccn1. The van der Waals surface area contributed by atoms with E-state index in [2.05, 4.69) is 15.2 Å². The topological polar surface area (TPSA) is 83.4 Å². The van der Waals surface area contributed by atoms with E-state index in [1.807, 2.05) is 40.7 Å². The third-order valence-corrected chi connectivity index (χ3v) is 7.25. The molecule has 188 valence electrons. The van der Waals surface area contributed by atoms with Gasteiger partial charge in [0.25, 0.3) is 5.91 Å². The molecule has 2 aliphatic rings. The van der Waals surface area contributed by atoms with Crippen molar-refractivity contribution in [2.24, 2.45) is 0 Å². The zero-order chi connectivity index (χ0) is 25.1. The summed E-state index contributed by atoms with van der Waals surface area (Å²) in [7, 11) is 0. The molecule has 0 bridgehead atoms. The molecule has 0 radical (unpaired) electrons. The number of imidazole rings is 1. The van der Waals surface area contributed by atoms with E-state index < -0.39 is 0 Å². The van der Waals surface area contributed by atoms with E-state index >= 15 is 0 Å². The molecule has 2 saturated heterocycles.